The van der Waals surface area contributed by atoms with Gasteiger partial charge < -0.3 is 15.5 Å². The Balaban J connectivity index is 2.19. The Labute approximate surface area is 180 Å². The maximum atomic E-state index is 12.9. The van der Waals surface area contributed by atoms with E-state index in [2.05, 4.69) is 17.6 Å². The lowest BCUT2D eigenvalue weighted by molar-refractivity contribution is -0.114. The molecule has 2 N–H and O–H groups in total. The number of benzene rings is 2. The first-order valence-corrected chi connectivity index (χ1v) is 11.6. The molecule has 7 nitrogen and oxygen atoms in total. The first-order chi connectivity index (χ1) is 14.2. The average Bonchev–Trinajstić information content (AvgIpc) is 2.73. The normalized spacial score (nSPS) is 11.4. The zero-order chi connectivity index (χ0) is 22.3. The molecule has 0 saturated carbocycles. The van der Waals surface area contributed by atoms with Crippen LogP contribution in [0.3, 0.4) is 0 Å². The van der Waals surface area contributed by atoms with Crippen molar-refractivity contribution in [2.24, 2.45) is 0 Å². The minimum Gasteiger partial charge on any atom is -0.376 e. The molecule has 2 rings (SSSR count). The molecule has 0 saturated heterocycles. The van der Waals surface area contributed by atoms with Gasteiger partial charge in [0.1, 0.15) is 0 Å². The number of nitrogens with zero attached hydrogens (tertiary/aromatic N) is 2. The Kier molecular flexibility index (Phi) is 8.25. The maximum Gasteiger partial charge on any atom is 0.243 e. The first-order valence-electron chi connectivity index (χ1n) is 10.2. The second kappa shape index (κ2) is 10.4. The van der Waals surface area contributed by atoms with Crippen LogP contribution in [0.1, 0.15) is 26.3 Å². The van der Waals surface area contributed by atoms with Crippen molar-refractivity contribution in [1.29, 1.82) is 0 Å². The Bertz CT molecular complexity index is 953. The van der Waals surface area contributed by atoms with E-state index in [0.29, 0.717) is 18.8 Å². The van der Waals surface area contributed by atoms with Crippen LogP contribution in [0, 0.1) is 0 Å². The number of nitrogens with one attached hydrogen (secondary N) is 2. The lowest BCUT2D eigenvalue weighted by atomic mass is 10.1. The van der Waals surface area contributed by atoms with Crippen molar-refractivity contribution in [3.63, 3.8) is 0 Å². The summed E-state index contributed by atoms with van der Waals surface area (Å²) in [6.07, 6.45) is 0.940. The van der Waals surface area contributed by atoms with E-state index in [1.165, 1.54) is 9.87 Å². The van der Waals surface area contributed by atoms with E-state index in [4.69, 9.17) is 0 Å². The van der Waals surface area contributed by atoms with Gasteiger partial charge in [0.25, 0.3) is 0 Å². The number of carbonyl (C=O) groups is 1. The Morgan fingerprint density at radius 2 is 1.60 bits per heavy atom. The lowest BCUT2D eigenvalue weighted by Crippen LogP contribution is -2.30. The topological polar surface area (TPSA) is 81.8 Å². The number of rotatable bonds is 10. The quantitative estimate of drug-likeness (QED) is 0.601. The van der Waals surface area contributed by atoms with Crippen LogP contribution in [-0.2, 0) is 21.2 Å². The highest BCUT2D eigenvalue weighted by atomic mass is 32.2. The number of anilines is 3. The van der Waals surface area contributed by atoms with Gasteiger partial charge in [-0.25, -0.2) is 8.42 Å². The second-order valence-corrected chi connectivity index (χ2v) is 9.05. The summed E-state index contributed by atoms with van der Waals surface area (Å²) in [6.45, 7) is 6.52. The zero-order valence-corrected chi connectivity index (χ0v) is 19.2. The van der Waals surface area contributed by atoms with Gasteiger partial charge in [-0.1, -0.05) is 32.9 Å². The minimum atomic E-state index is -3.59. The van der Waals surface area contributed by atoms with Gasteiger partial charge in [0, 0.05) is 32.9 Å². The van der Waals surface area contributed by atoms with E-state index in [0.717, 1.165) is 17.8 Å². The summed E-state index contributed by atoms with van der Waals surface area (Å²) in [4.78, 5) is 14.5. The van der Waals surface area contributed by atoms with Crippen LogP contribution in [0.5, 0.6) is 0 Å². The molecule has 0 heterocycles. The van der Waals surface area contributed by atoms with Crippen LogP contribution in [-0.4, -0.2) is 52.4 Å². The third-order valence-electron chi connectivity index (χ3n) is 4.88. The van der Waals surface area contributed by atoms with Gasteiger partial charge in [0.05, 0.1) is 22.8 Å². The van der Waals surface area contributed by atoms with Gasteiger partial charge >= 0.3 is 0 Å². The SMILES string of the molecule is CCc1ccc(NC(=O)CNc2cc(S(=O)(=O)N(CC)CC)ccc2N(C)C)cc1. The molecule has 0 aromatic heterocycles. The first kappa shape index (κ1) is 23.7. The van der Waals surface area contributed by atoms with Crippen molar-refractivity contribution in [3.8, 4) is 0 Å². The third-order valence-corrected chi connectivity index (χ3v) is 6.92. The van der Waals surface area contributed by atoms with Gasteiger partial charge in [-0.2, -0.15) is 4.31 Å². The van der Waals surface area contributed by atoms with Crippen LogP contribution in [0.2, 0.25) is 0 Å². The Morgan fingerprint density at radius 1 is 0.967 bits per heavy atom. The van der Waals surface area contributed by atoms with E-state index in [1.54, 1.807) is 18.2 Å². The highest BCUT2D eigenvalue weighted by Crippen LogP contribution is 2.29. The van der Waals surface area contributed by atoms with Crippen LogP contribution < -0.4 is 15.5 Å². The van der Waals surface area contributed by atoms with Crippen LogP contribution in [0.15, 0.2) is 47.4 Å². The fourth-order valence-corrected chi connectivity index (χ4v) is 4.61. The molecule has 2 aromatic rings. The minimum absolute atomic E-state index is 0.0190. The molecule has 2 aromatic carbocycles. The largest absolute Gasteiger partial charge is 0.376 e. The van der Waals surface area contributed by atoms with Crippen molar-refractivity contribution in [2.75, 3.05) is 49.3 Å². The van der Waals surface area contributed by atoms with Crippen LogP contribution in [0.4, 0.5) is 17.1 Å². The molecule has 0 spiro atoms. The van der Waals surface area contributed by atoms with E-state index in [-0.39, 0.29) is 17.3 Å². The number of sulfonamides is 1. The van der Waals surface area contributed by atoms with Crippen molar-refractivity contribution < 1.29 is 13.2 Å². The monoisotopic (exact) mass is 432 g/mol. The summed E-state index contributed by atoms with van der Waals surface area (Å²) in [5, 5.41) is 5.94. The second-order valence-electron chi connectivity index (χ2n) is 7.11. The van der Waals surface area contributed by atoms with Crippen molar-refractivity contribution >= 4 is 33.0 Å². The van der Waals surface area contributed by atoms with E-state index in [1.807, 2.05) is 57.1 Å². The molecule has 8 heteroatoms. The average molecular weight is 433 g/mol. The molecule has 1 amide bonds. The molecule has 0 fully saturated rings. The molecule has 0 aliphatic carbocycles. The third kappa shape index (κ3) is 5.73. The predicted octanol–water partition coefficient (Wildman–Crippen LogP) is 3.40. The number of hydrogen-bond donors (Lipinski definition) is 2. The molecule has 164 valence electrons. The van der Waals surface area contributed by atoms with Gasteiger partial charge in [0.2, 0.25) is 15.9 Å². The number of aryl methyl sites for hydroxylation is 1. The molecule has 0 unspecified atom stereocenters. The smallest absolute Gasteiger partial charge is 0.243 e. The lowest BCUT2D eigenvalue weighted by Gasteiger charge is -2.22. The number of hydrogen-bond acceptors (Lipinski definition) is 5. The summed E-state index contributed by atoms with van der Waals surface area (Å²) >= 11 is 0. The molecule has 0 radical (unpaired) electrons. The fourth-order valence-electron chi connectivity index (χ4n) is 3.12. The molecular weight excluding hydrogens is 400 g/mol. The van der Waals surface area contributed by atoms with Crippen molar-refractivity contribution in [1.82, 2.24) is 4.31 Å². The Morgan fingerprint density at radius 3 is 2.13 bits per heavy atom. The van der Waals surface area contributed by atoms with Crippen molar-refractivity contribution in [3.05, 3.63) is 48.0 Å². The summed E-state index contributed by atoms with van der Waals surface area (Å²) < 4.78 is 27.1. The molecule has 0 bridgehead atoms. The zero-order valence-electron chi connectivity index (χ0n) is 18.4. The molecule has 0 atom stereocenters. The van der Waals surface area contributed by atoms with Gasteiger partial charge in [0.15, 0.2) is 0 Å². The summed E-state index contributed by atoms with van der Waals surface area (Å²) in [6, 6.07) is 12.7. The molecule has 0 aliphatic rings. The maximum absolute atomic E-state index is 12.9. The van der Waals surface area contributed by atoms with Crippen LogP contribution in [0.25, 0.3) is 0 Å². The molecule has 0 aliphatic heterocycles. The fraction of sp³-hybridized carbons (Fsp3) is 0.409. The standard InChI is InChI=1S/C22H32N4O3S/c1-6-17-9-11-18(12-10-17)24-22(27)16-23-20-15-19(13-14-21(20)25(4)5)30(28,29)26(7-2)8-3/h9-15,23H,6-8,16H2,1-5H3,(H,24,27). The highest BCUT2D eigenvalue weighted by Gasteiger charge is 2.23. The van der Waals surface area contributed by atoms with Gasteiger partial charge in [-0.05, 0) is 42.3 Å². The summed E-state index contributed by atoms with van der Waals surface area (Å²) in [5.41, 5.74) is 3.32. The Hall–Kier alpha value is -2.58. The summed E-state index contributed by atoms with van der Waals surface area (Å²) in [7, 11) is 0.153. The van der Waals surface area contributed by atoms with E-state index >= 15 is 0 Å². The van der Waals surface area contributed by atoms with Crippen LogP contribution >= 0.6 is 0 Å². The van der Waals surface area contributed by atoms with Crippen molar-refractivity contribution in [2.45, 2.75) is 32.1 Å². The molecular formula is C22H32N4O3S. The van der Waals surface area contributed by atoms with E-state index in [9.17, 15) is 13.2 Å². The highest BCUT2D eigenvalue weighted by molar-refractivity contribution is 7.89. The van der Waals surface area contributed by atoms with E-state index < -0.39 is 10.0 Å². The molecule has 30 heavy (non-hydrogen) atoms. The predicted molar refractivity (Wildman–Crippen MR) is 124 cm³/mol. The number of carbonyl (C=O) groups excluding carboxylic acids is 1. The number of amides is 1. The van der Waals surface area contributed by atoms with Gasteiger partial charge in [-0.15, -0.1) is 0 Å². The van der Waals surface area contributed by atoms with Gasteiger partial charge in [-0.3, -0.25) is 4.79 Å². The summed E-state index contributed by atoms with van der Waals surface area (Å²) in [5.74, 6) is -0.207.